The summed E-state index contributed by atoms with van der Waals surface area (Å²) in [5.74, 6) is 0.234. The zero-order valence-corrected chi connectivity index (χ0v) is 13.4. The lowest BCUT2D eigenvalue weighted by Crippen LogP contribution is -2.36. The largest absolute Gasteiger partial charge is 0.495 e. The molecule has 0 bridgehead atoms. The quantitative estimate of drug-likeness (QED) is 0.842. The molecule has 0 saturated heterocycles. The third-order valence-electron chi connectivity index (χ3n) is 3.18. The lowest BCUT2D eigenvalue weighted by atomic mass is 10.2. The number of rotatable bonds is 5. The molecule has 0 spiro atoms. The highest BCUT2D eigenvalue weighted by atomic mass is 32.1. The van der Waals surface area contributed by atoms with Gasteiger partial charge in [0.1, 0.15) is 11.6 Å². The lowest BCUT2D eigenvalue weighted by Gasteiger charge is -2.26. The molecule has 0 fully saturated rings. The minimum absolute atomic E-state index is 0.275. The minimum Gasteiger partial charge on any atom is -0.495 e. The van der Waals surface area contributed by atoms with Crippen LogP contribution in [0.25, 0.3) is 0 Å². The fourth-order valence-electron chi connectivity index (χ4n) is 2.09. The van der Waals surface area contributed by atoms with Gasteiger partial charge in [0, 0.05) is 6.54 Å². The van der Waals surface area contributed by atoms with E-state index in [1.807, 2.05) is 18.2 Å². The van der Waals surface area contributed by atoms with Gasteiger partial charge in [-0.1, -0.05) is 24.3 Å². The number of thiocarbonyl (C=S) groups is 1. The highest BCUT2D eigenvalue weighted by Gasteiger charge is 2.17. The van der Waals surface area contributed by atoms with Crippen molar-refractivity contribution in [2.75, 3.05) is 23.9 Å². The number of hydrogen-bond acceptors (Lipinski definition) is 3. The molecule has 2 aromatic rings. The van der Waals surface area contributed by atoms with Crippen molar-refractivity contribution in [1.29, 1.82) is 5.26 Å². The Balaban J connectivity index is 2.29. The molecule has 0 unspecified atom stereocenters. The van der Waals surface area contributed by atoms with Crippen LogP contribution in [0, 0.1) is 17.1 Å². The molecular weight excluding hydrogens is 313 g/mol. The van der Waals surface area contributed by atoms with E-state index in [-0.39, 0.29) is 12.1 Å². The summed E-state index contributed by atoms with van der Waals surface area (Å²) < 4.78 is 19.1. The van der Waals surface area contributed by atoms with E-state index in [9.17, 15) is 4.39 Å². The Labute approximate surface area is 140 Å². The van der Waals surface area contributed by atoms with Crippen molar-refractivity contribution >= 4 is 28.7 Å². The van der Waals surface area contributed by atoms with Crippen molar-refractivity contribution in [3.05, 3.63) is 54.3 Å². The molecule has 2 rings (SSSR count). The Kier molecular flexibility index (Phi) is 5.89. The predicted octanol–water partition coefficient (Wildman–Crippen LogP) is 3.95. The molecule has 1 N–H and O–H groups in total. The molecule has 0 atom stereocenters. The Morgan fingerprint density at radius 3 is 2.65 bits per heavy atom. The van der Waals surface area contributed by atoms with Crippen LogP contribution in [0.1, 0.15) is 6.42 Å². The number of nitrogens with zero attached hydrogens (tertiary/aromatic N) is 2. The molecule has 4 nitrogen and oxygen atoms in total. The molecule has 0 saturated carbocycles. The van der Waals surface area contributed by atoms with Crippen molar-refractivity contribution in [1.82, 2.24) is 0 Å². The average molecular weight is 329 g/mol. The minimum atomic E-state index is -0.393. The first-order chi connectivity index (χ1) is 11.2. The van der Waals surface area contributed by atoms with Crippen molar-refractivity contribution in [3.8, 4) is 11.8 Å². The first-order valence-corrected chi connectivity index (χ1v) is 7.41. The van der Waals surface area contributed by atoms with E-state index in [0.29, 0.717) is 17.4 Å². The fourth-order valence-corrected chi connectivity index (χ4v) is 2.39. The van der Waals surface area contributed by atoms with E-state index in [0.717, 1.165) is 5.69 Å². The summed E-state index contributed by atoms with van der Waals surface area (Å²) in [5, 5.41) is 12.1. The van der Waals surface area contributed by atoms with E-state index in [1.165, 1.54) is 6.07 Å². The zero-order valence-electron chi connectivity index (χ0n) is 12.6. The van der Waals surface area contributed by atoms with E-state index in [2.05, 4.69) is 11.4 Å². The topological polar surface area (TPSA) is 48.3 Å². The molecule has 0 aliphatic rings. The molecule has 0 aliphatic carbocycles. The summed E-state index contributed by atoms with van der Waals surface area (Å²) >= 11 is 5.40. The van der Waals surface area contributed by atoms with Crippen LogP contribution in [0.4, 0.5) is 15.8 Å². The Hall–Kier alpha value is -2.65. The second kappa shape index (κ2) is 8.11. The molecule has 0 radical (unpaired) electrons. The smallest absolute Gasteiger partial charge is 0.178 e. The number of anilines is 2. The molecule has 0 aromatic heterocycles. The maximum absolute atomic E-state index is 13.8. The van der Waals surface area contributed by atoms with E-state index in [1.54, 1.807) is 36.3 Å². The van der Waals surface area contributed by atoms with Crippen molar-refractivity contribution < 1.29 is 9.13 Å². The third-order valence-corrected chi connectivity index (χ3v) is 3.51. The van der Waals surface area contributed by atoms with Gasteiger partial charge in [-0.25, -0.2) is 4.39 Å². The van der Waals surface area contributed by atoms with Gasteiger partial charge in [0.05, 0.1) is 31.0 Å². The summed E-state index contributed by atoms with van der Waals surface area (Å²) in [7, 11) is 1.56. The Bertz CT molecular complexity index is 730. The first-order valence-electron chi connectivity index (χ1n) is 7.00. The molecular formula is C17H16FN3OS. The number of para-hydroxylation sites is 3. The Morgan fingerprint density at radius 1 is 1.26 bits per heavy atom. The molecule has 6 heteroatoms. The number of halogens is 1. The van der Waals surface area contributed by atoms with Gasteiger partial charge in [-0.2, -0.15) is 5.26 Å². The highest BCUT2D eigenvalue weighted by Crippen LogP contribution is 2.28. The Morgan fingerprint density at radius 2 is 1.96 bits per heavy atom. The van der Waals surface area contributed by atoms with Crippen LogP contribution in [0.15, 0.2) is 48.5 Å². The van der Waals surface area contributed by atoms with Gasteiger partial charge in [0.25, 0.3) is 0 Å². The van der Waals surface area contributed by atoms with Crippen LogP contribution in [0.3, 0.4) is 0 Å². The maximum atomic E-state index is 13.8. The number of benzene rings is 2. The average Bonchev–Trinajstić information content (AvgIpc) is 2.57. The van der Waals surface area contributed by atoms with Crippen molar-refractivity contribution in [3.63, 3.8) is 0 Å². The second-order valence-corrected chi connectivity index (χ2v) is 5.03. The van der Waals surface area contributed by atoms with Gasteiger partial charge in [-0.15, -0.1) is 0 Å². The standard InChI is InChI=1S/C17H16FN3OS/c1-22-16-10-5-4-9-15(16)21(12-6-11-19)17(23)20-14-8-3-2-7-13(14)18/h2-5,7-10H,6,12H2,1H3,(H,20,23). The first kappa shape index (κ1) is 16.7. The number of nitriles is 1. The number of hydrogen-bond donors (Lipinski definition) is 1. The molecule has 2 aromatic carbocycles. The van der Waals surface area contributed by atoms with Crippen LogP contribution in [-0.2, 0) is 0 Å². The van der Waals surface area contributed by atoms with Crippen LogP contribution in [0.2, 0.25) is 0 Å². The zero-order chi connectivity index (χ0) is 16.7. The monoisotopic (exact) mass is 329 g/mol. The van der Waals surface area contributed by atoms with Gasteiger partial charge >= 0.3 is 0 Å². The SMILES string of the molecule is COc1ccccc1N(CCC#N)C(=S)Nc1ccccc1F. The second-order valence-electron chi connectivity index (χ2n) is 4.64. The van der Waals surface area contributed by atoms with E-state index >= 15 is 0 Å². The van der Waals surface area contributed by atoms with E-state index < -0.39 is 5.82 Å². The molecule has 0 aliphatic heterocycles. The van der Waals surface area contributed by atoms with Gasteiger partial charge < -0.3 is 15.0 Å². The van der Waals surface area contributed by atoms with Crippen LogP contribution in [-0.4, -0.2) is 18.8 Å². The number of methoxy groups -OCH3 is 1. The van der Waals surface area contributed by atoms with Crippen LogP contribution in [0.5, 0.6) is 5.75 Å². The summed E-state index contributed by atoms with van der Waals surface area (Å²) in [5.41, 5.74) is 1.01. The molecule has 23 heavy (non-hydrogen) atoms. The molecule has 0 amide bonds. The summed E-state index contributed by atoms with van der Waals surface area (Å²) in [4.78, 5) is 1.73. The summed E-state index contributed by atoms with van der Waals surface area (Å²) in [6, 6.07) is 15.7. The van der Waals surface area contributed by atoms with Crippen molar-refractivity contribution in [2.45, 2.75) is 6.42 Å². The number of nitrogens with one attached hydrogen (secondary N) is 1. The van der Waals surface area contributed by atoms with Gasteiger partial charge in [0.15, 0.2) is 5.11 Å². The summed E-state index contributed by atoms with van der Waals surface area (Å²) in [6.07, 6.45) is 0.275. The van der Waals surface area contributed by atoms with Crippen LogP contribution < -0.4 is 15.0 Å². The van der Waals surface area contributed by atoms with Gasteiger partial charge in [0.2, 0.25) is 0 Å². The lowest BCUT2D eigenvalue weighted by molar-refractivity contribution is 0.415. The number of ether oxygens (including phenoxy) is 1. The fraction of sp³-hybridized carbons (Fsp3) is 0.176. The van der Waals surface area contributed by atoms with E-state index in [4.69, 9.17) is 22.2 Å². The normalized spacial score (nSPS) is 9.78. The summed E-state index contributed by atoms with van der Waals surface area (Å²) in [6.45, 7) is 0.372. The highest BCUT2D eigenvalue weighted by molar-refractivity contribution is 7.80. The molecule has 0 heterocycles. The van der Waals surface area contributed by atoms with Crippen LogP contribution >= 0.6 is 12.2 Å². The maximum Gasteiger partial charge on any atom is 0.178 e. The third kappa shape index (κ3) is 4.18. The van der Waals surface area contributed by atoms with Crippen molar-refractivity contribution in [2.24, 2.45) is 0 Å². The molecule has 118 valence electrons. The predicted molar refractivity (Wildman–Crippen MR) is 93.2 cm³/mol. The van der Waals surface area contributed by atoms with Gasteiger partial charge in [-0.3, -0.25) is 0 Å². The van der Waals surface area contributed by atoms with Gasteiger partial charge in [-0.05, 0) is 36.5 Å².